The van der Waals surface area contributed by atoms with Gasteiger partial charge in [-0.05, 0) is 43.4 Å². The minimum Gasteiger partial charge on any atom is -0.462 e. The van der Waals surface area contributed by atoms with E-state index in [2.05, 4.69) is 48.5 Å². The highest BCUT2D eigenvalue weighted by Gasteiger charge is 2.30. The van der Waals surface area contributed by atoms with Gasteiger partial charge in [0.1, 0.15) is 19.3 Å². The van der Waals surface area contributed by atoms with E-state index in [1.54, 1.807) is 0 Å². The fourth-order valence-corrected chi connectivity index (χ4v) is 13.4. The maximum Gasteiger partial charge on any atom is 0.472 e. The Morgan fingerprint density at radius 2 is 0.479 bits per heavy atom. The summed E-state index contributed by atoms with van der Waals surface area (Å²) in [6.07, 6.45) is 54.3. The minimum absolute atomic E-state index is 0.105. The number of aliphatic hydroxyl groups excluding tert-OH is 1. The molecule has 19 heteroatoms. The monoisotopic (exact) mass is 1410 g/mol. The van der Waals surface area contributed by atoms with Gasteiger partial charge in [-0.25, -0.2) is 9.13 Å². The Hall–Kier alpha value is -1.94. The van der Waals surface area contributed by atoms with Gasteiger partial charge in [-0.1, -0.05) is 344 Å². The minimum atomic E-state index is -4.96. The number of unbranched alkanes of at least 4 members (excludes halogenated alkanes) is 43. The molecule has 0 aromatic rings. The lowest BCUT2D eigenvalue weighted by Crippen LogP contribution is -2.30. The quantitative estimate of drug-likeness (QED) is 0.0222. The predicted octanol–water partition coefficient (Wildman–Crippen LogP) is 22.6. The van der Waals surface area contributed by atoms with Crippen LogP contribution in [0.1, 0.15) is 395 Å². The van der Waals surface area contributed by atoms with Crippen LogP contribution < -0.4 is 0 Å². The third-order valence-electron chi connectivity index (χ3n) is 17.9. The number of carbonyl (C=O) groups is 4. The Morgan fingerprint density at radius 3 is 0.708 bits per heavy atom. The van der Waals surface area contributed by atoms with Gasteiger partial charge in [-0.3, -0.25) is 37.3 Å². The van der Waals surface area contributed by atoms with Crippen LogP contribution in [0.15, 0.2) is 0 Å². The lowest BCUT2D eigenvalue weighted by atomic mass is 10.0. The first-order valence-electron chi connectivity index (χ1n) is 39.8. The molecule has 0 radical (unpaired) electrons. The van der Waals surface area contributed by atoms with Crippen LogP contribution in [0.3, 0.4) is 0 Å². The van der Waals surface area contributed by atoms with Crippen molar-refractivity contribution in [2.24, 2.45) is 17.8 Å². The van der Waals surface area contributed by atoms with Gasteiger partial charge < -0.3 is 33.8 Å². The van der Waals surface area contributed by atoms with Crippen LogP contribution in [0.2, 0.25) is 0 Å². The molecule has 0 saturated heterocycles. The van der Waals surface area contributed by atoms with E-state index in [4.69, 9.17) is 37.0 Å². The Kier molecular flexibility index (Phi) is 66.2. The van der Waals surface area contributed by atoms with E-state index in [0.29, 0.717) is 25.7 Å². The molecule has 0 rings (SSSR count). The number of ether oxygens (including phenoxy) is 4. The Labute approximate surface area is 588 Å². The number of hydrogen-bond donors (Lipinski definition) is 3. The number of esters is 4. The smallest absolute Gasteiger partial charge is 0.462 e. The summed E-state index contributed by atoms with van der Waals surface area (Å²) in [5.41, 5.74) is 0. The molecule has 0 aliphatic heterocycles. The van der Waals surface area contributed by atoms with Gasteiger partial charge in [-0.15, -0.1) is 0 Å². The van der Waals surface area contributed by atoms with Crippen molar-refractivity contribution < 1.29 is 80.2 Å². The summed E-state index contributed by atoms with van der Waals surface area (Å²) in [4.78, 5) is 72.7. The zero-order valence-electron chi connectivity index (χ0n) is 62.8. The highest BCUT2D eigenvalue weighted by Crippen LogP contribution is 2.45. The Bertz CT molecular complexity index is 1870. The molecule has 2 unspecified atom stereocenters. The summed E-state index contributed by atoms with van der Waals surface area (Å²) < 4.78 is 68.5. The van der Waals surface area contributed by atoms with Gasteiger partial charge in [0.25, 0.3) is 0 Å². The van der Waals surface area contributed by atoms with Gasteiger partial charge in [-0.2, -0.15) is 0 Å². The van der Waals surface area contributed by atoms with E-state index < -0.39 is 97.5 Å². The number of carbonyl (C=O) groups excluding carboxylic acids is 4. The molecule has 96 heavy (non-hydrogen) atoms. The first kappa shape index (κ1) is 94.1. The molecule has 0 saturated carbocycles. The van der Waals surface area contributed by atoms with E-state index in [9.17, 15) is 43.2 Å². The van der Waals surface area contributed by atoms with Crippen molar-refractivity contribution in [2.45, 2.75) is 414 Å². The fourth-order valence-electron chi connectivity index (χ4n) is 11.8. The normalized spacial score (nSPS) is 14.1. The third kappa shape index (κ3) is 70.5. The summed E-state index contributed by atoms with van der Waals surface area (Å²) in [5, 5.41) is 10.6. The van der Waals surface area contributed by atoms with Crippen molar-refractivity contribution >= 4 is 39.5 Å². The Morgan fingerprint density at radius 1 is 0.281 bits per heavy atom. The van der Waals surface area contributed by atoms with Crippen molar-refractivity contribution in [3.05, 3.63) is 0 Å². The number of phosphoric ester groups is 2. The second-order valence-electron chi connectivity index (χ2n) is 29.2. The summed E-state index contributed by atoms with van der Waals surface area (Å²) in [6.45, 7) is 11.9. The first-order chi connectivity index (χ1) is 46.2. The van der Waals surface area contributed by atoms with E-state index in [1.807, 2.05) is 0 Å². The standard InChI is InChI=1S/C77H150O17P2/c1-8-9-10-11-34-44-51-58-74(79)87-64-72(93-77(82)61-54-47-40-33-27-26-30-37-43-50-57-70(6)7)66-91-95(83,84)89-62-71(78)63-90-96(85,86)92-67-73(94-76(81)60-53-46-39-32-25-21-17-13-15-19-23-29-36-42-49-56-69(4)5)65-88-75(80)59-52-45-38-31-24-20-16-12-14-18-22-28-35-41-48-55-68(2)3/h68-73,78H,8-67H2,1-7H3,(H,83,84)(H,85,86)/t71-,72+,73+/m0/s1. The van der Waals surface area contributed by atoms with Crippen LogP contribution in [0.5, 0.6) is 0 Å². The van der Waals surface area contributed by atoms with Gasteiger partial charge in [0, 0.05) is 25.7 Å². The number of aliphatic hydroxyl groups is 1. The van der Waals surface area contributed by atoms with Gasteiger partial charge >= 0.3 is 39.5 Å². The molecule has 5 atom stereocenters. The van der Waals surface area contributed by atoms with Crippen LogP contribution in [0.4, 0.5) is 0 Å². The number of rotatable bonds is 75. The molecule has 0 aliphatic rings. The lowest BCUT2D eigenvalue weighted by Gasteiger charge is -2.21. The van der Waals surface area contributed by atoms with Crippen LogP contribution in [0, 0.1) is 17.8 Å². The summed E-state index contributed by atoms with van der Waals surface area (Å²) in [5.74, 6) is 0.241. The third-order valence-corrected chi connectivity index (χ3v) is 19.8. The van der Waals surface area contributed by atoms with Crippen molar-refractivity contribution in [2.75, 3.05) is 39.6 Å². The zero-order chi connectivity index (χ0) is 70.9. The maximum atomic E-state index is 13.1. The molecule has 3 N–H and O–H groups in total. The van der Waals surface area contributed by atoms with Gasteiger partial charge in [0.15, 0.2) is 12.2 Å². The van der Waals surface area contributed by atoms with Gasteiger partial charge in [0.2, 0.25) is 0 Å². The van der Waals surface area contributed by atoms with Crippen LogP contribution in [0.25, 0.3) is 0 Å². The van der Waals surface area contributed by atoms with Crippen LogP contribution in [-0.4, -0.2) is 96.7 Å². The van der Waals surface area contributed by atoms with Gasteiger partial charge in [0.05, 0.1) is 26.4 Å². The average molecular weight is 1410 g/mol. The van der Waals surface area contributed by atoms with E-state index in [1.165, 1.54) is 193 Å². The Balaban J connectivity index is 5.19. The maximum absolute atomic E-state index is 13.1. The van der Waals surface area contributed by atoms with Crippen molar-refractivity contribution in [1.82, 2.24) is 0 Å². The SMILES string of the molecule is CCCCCCCCCC(=O)OC[C@H](COP(=O)(O)OC[C@H](O)COP(=O)(O)OC[C@@H](COC(=O)CCCCCCCCCCCCCCCCCC(C)C)OC(=O)CCCCCCCCCCCCCCCCCC(C)C)OC(=O)CCCCCCCCCCCCC(C)C. The molecule has 0 aromatic heterocycles. The molecule has 0 spiro atoms. The lowest BCUT2D eigenvalue weighted by molar-refractivity contribution is -0.161. The first-order valence-corrected chi connectivity index (χ1v) is 42.8. The summed E-state index contributed by atoms with van der Waals surface area (Å²) in [7, 11) is -9.91. The van der Waals surface area contributed by atoms with Crippen molar-refractivity contribution in [3.63, 3.8) is 0 Å². The zero-order valence-corrected chi connectivity index (χ0v) is 64.6. The summed E-state index contributed by atoms with van der Waals surface area (Å²) in [6, 6.07) is 0. The molecule has 0 heterocycles. The topological polar surface area (TPSA) is 237 Å². The number of phosphoric acid groups is 2. The molecule has 570 valence electrons. The van der Waals surface area contributed by atoms with Crippen LogP contribution in [-0.2, 0) is 65.4 Å². The molecule has 17 nitrogen and oxygen atoms in total. The summed E-state index contributed by atoms with van der Waals surface area (Å²) >= 11 is 0. The highest BCUT2D eigenvalue weighted by atomic mass is 31.2. The molecule has 0 aliphatic carbocycles. The van der Waals surface area contributed by atoms with E-state index >= 15 is 0 Å². The second kappa shape index (κ2) is 67.5. The largest absolute Gasteiger partial charge is 0.472 e. The molecule has 0 aromatic carbocycles. The van der Waals surface area contributed by atoms with E-state index in [0.717, 1.165) is 120 Å². The average Bonchev–Trinajstić information content (AvgIpc) is 1.68. The van der Waals surface area contributed by atoms with E-state index in [-0.39, 0.29) is 25.7 Å². The molecular weight excluding hydrogens is 1260 g/mol. The highest BCUT2D eigenvalue weighted by molar-refractivity contribution is 7.47. The van der Waals surface area contributed by atoms with Crippen molar-refractivity contribution in [3.8, 4) is 0 Å². The second-order valence-corrected chi connectivity index (χ2v) is 32.1. The predicted molar refractivity (Wildman–Crippen MR) is 391 cm³/mol. The molecular formula is C77H150O17P2. The van der Waals surface area contributed by atoms with Crippen LogP contribution >= 0.6 is 15.6 Å². The molecule has 0 bridgehead atoms. The molecule has 0 fully saturated rings. The van der Waals surface area contributed by atoms with Crippen molar-refractivity contribution in [1.29, 1.82) is 0 Å². The molecule has 0 amide bonds. The fraction of sp³-hybridized carbons (Fsp3) is 0.948. The number of hydrogen-bond acceptors (Lipinski definition) is 15.